The smallest absolute Gasteiger partial charge is 0.223 e. The summed E-state index contributed by atoms with van der Waals surface area (Å²) < 4.78 is 2.57. The summed E-state index contributed by atoms with van der Waals surface area (Å²) in [7, 11) is 1.85. The molecule has 0 saturated carbocycles. The molecule has 0 aliphatic carbocycles. The molecule has 0 unspecified atom stereocenters. The van der Waals surface area contributed by atoms with Crippen molar-refractivity contribution in [3.8, 4) is 0 Å². The summed E-state index contributed by atoms with van der Waals surface area (Å²) in [6.45, 7) is 0. The highest BCUT2D eigenvalue weighted by Gasteiger charge is 2.07. The van der Waals surface area contributed by atoms with E-state index in [1.54, 1.807) is 10.9 Å². The number of fused-ring (bicyclic) bond motifs is 1. The van der Waals surface area contributed by atoms with Gasteiger partial charge in [0.1, 0.15) is 14.7 Å². The van der Waals surface area contributed by atoms with Gasteiger partial charge in [0.2, 0.25) is 5.28 Å². The summed E-state index contributed by atoms with van der Waals surface area (Å²) in [5.74, 6) is 0. The summed E-state index contributed by atoms with van der Waals surface area (Å²) in [4.78, 5) is 7.93. The van der Waals surface area contributed by atoms with Gasteiger partial charge >= 0.3 is 0 Å². The molecule has 0 bridgehead atoms. The largest absolute Gasteiger partial charge is 0.264 e. The van der Waals surface area contributed by atoms with Gasteiger partial charge in [0.05, 0.1) is 6.20 Å². The zero-order valence-electron chi connectivity index (χ0n) is 6.12. The third kappa shape index (κ3) is 1.16. The van der Waals surface area contributed by atoms with Gasteiger partial charge in [-0.2, -0.15) is 5.10 Å². The Labute approximate surface area is 87.1 Å². The minimum absolute atomic E-state index is 0.258. The maximum atomic E-state index is 5.64. The summed E-state index contributed by atoms with van der Waals surface area (Å²) in [6, 6.07) is 0. The van der Waals surface area contributed by atoms with E-state index in [-0.39, 0.29) is 5.28 Å². The Hall–Kier alpha value is -0.430. The van der Waals surface area contributed by atoms with Crippen LogP contribution in [0, 0.1) is 3.70 Å². The highest BCUT2D eigenvalue weighted by atomic mass is 127. The average Bonchev–Trinajstić information content (AvgIpc) is 2.28. The first-order valence-corrected chi connectivity index (χ1v) is 4.65. The number of hydrogen-bond acceptors (Lipinski definition) is 3. The lowest BCUT2D eigenvalue weighted by molar-refractivity contribution is 0.786. The molecule has 62 valence electrons. The molecule has 0 N–H and O–H groups in total. The van der Waals surface area contributed by atoms with E-state index in [2.05, 4.69) is 37.7 Å². The van der Waals surface area contributed by atoms with E-state index in [0.717, 1.165) is 14.7 Å². The van der Waals surface area contributed by atoms with E-state index in [1.165, 1.54) is 0 Å². The molecule has 0 saturated heterocycles. The van der Waals surface area contributed by atoms with Crippen LogP contribution in [0.4, 0.5) is 0 Å². The molecule has 0 amide bonds. The Morgan fingerprint density at radius 3 is 3.08 bits per heavy atom. The van der Waals surface area contributed by atoms with Crippen molar-refractivity contribution in [2.24, 2.45) is 7.05 Å². The second kappa shape index (κ2) is 2.81. The van der Waals surface area contributed by atoms with Crippen molar-refractivity contribution in [3.05, 3.63) is 15.2 Å². The SMILES string of the molecule is Cn1nc(I)c2nc(Cl)ncc21. The van der Waals surface area contributed by atoms with Crippen LogP contribution in [0.5, 0.6) is 0 Å². The zero-order valence-corrected chi connectivity index (χ0v) is 9.04. The molecule has 0 atom stereocenters. The standard InChI is InChI=1S/C6H4ClIN4/c1-12-3-2-9-6(7)10-4(3)5(8)11-12/h2H,1H3. The van der Waals surface area contributed by atoms with Gasteiger partial charge in [-0.05, 0) is 34.2 Å². The van der Waals surface area contributed by atoms with Crippen molar-refractivity contribution < 1.29 is 0 Å². The van der Waals surface area contributed by atoms with Crippen LogP contribution >= 0.6 is 34.2 Å². The highest BCUT2D eigenvalue weighted by molar-refractivity contribution is 14.1. The molecule has 0 spiro atoms. The number of rotatable bonds is 0. The lowest BCUT2D eigenvalue weighted by Crippen LogP contribution is -1.90. The quantitative estimate of drug-likeness (QED) is 0.548. The fraction of sp³-hybridized carbons (Fsp3) is 0.167. The lowest BCUT2D eigenvalue weighted by atomic mass is 10.5. The maximum absolute atomic E-state index is 5.64. The van der Waals surface area contributed by atoms with Crippen LogP contribution in [0.1, 0.15) is 0 Å². The van der Waals surface area contributed by atoms with Gasteiger partial charge < -0.3 is 0 Å². The van der Waals surface area contributed by atoms with Crippen LogP contribution in [-0.4, -0.2) is 19.7 Å². The molecule has 0 radical (unpaired) electrons. The van der Waals surface area contributed by atoms with Crippen molar-refractivity contribution in [2.45, 2.75) is 0 Å². The summed E-state index contributed by atoms with van der Waals surface area (Å²) in [5, 5.41) is 4.43. The molecule has 2 heterocycles. The zero-order chi connectivity index (χ0) is 8.72. The van der Waals surface area contributed by atoms with Crippen LogP contribution in [0.25, 0.3) is 11.0 Å². The lowest BCUT2D eigenvalue weighted by Gasteiger charge is -1.91. The van der Waals surface area contributed by atoms with Gasteiger partial charge in [-0.1, -0.05) is 0 Å². The molecule has 6 heteroatoms. The monoisotopic (exact) mass is 294 g/mol. The summed E-state index contributed by atoms with van der Waals surface area (Å²) in [6.07, 6.45) is 1.67. The molecule has 0 aliphatic rings. The van der Waals surface area contributed by atoms with Crippen molar-refractivity contribution in [2.75, 3.05) is 0 Å². The van der Waals surface area contributed by atoms with E-state index in [1.807, 2.05) is 7.05 Å². The fourth-order valence-corrected chi connectivity index (χ4v) is 1.83. The van der Waals surface area contributed by atoms with Crippen LogP contribution in [0.15, 0.2) is 6.20 Å². The average molecular weight is 294 g/mol. The molecular weight excluding hydrogens is 290 g/mol. The predicted octanol–water partition coefficient (Wildman–Crippen LogP) is 1.62. The Kier molecular flexibility index (Phi) is 1.91. The number of hydrogen-bond donors (Lipinski definition) is 0. The highest BCUT2D eigenvalue weighted by Crippen LogP contribution is 2.17. The first-order valence-electron chi connectivity index (χ1n) is 3.19. The molecule has 12 heavy (non-hydrogen) atoms. The normalized spacial score (nSPS) is 10.9. The van der Waals surface area contributed by atoms with Gasteiger partial charge in [-0.25, -0.2) is 9.97 Å². The van der Waals surface area contributed by atoms with Gasteiger partial charge in [0.25, 0.3) is 0 Å². The third-order valence-electron chi connectivity index (χ3n) is 1.52. The van der Waals surface area contributed by atoms with Gasteiger partial charge in [-0.3, -0.25) is 4.68 Å². The second-order valence-corrected chi connectivity index (χ2v) is 3.65. The maximum Gasteiger partial charge on any atom is 0.223 e. The molecule has 2 rings (SSSR count). The second-order valence-electron chi connectivity index (χ2n) is 2.29. The first-order chi connectivity index (χ1) is 5.68. The van der Waals surface area contributed by atoms with Crippen LogP contribution in [0.2, 0.25) is 5.28 Å². The van der Waals surface area contributed by atoms with Crippen molar-refractivity contribution in [1.82, 2.24) is 19.7 Å². The molecule has 2 aromatic rings. The number of nitrogens with zero attached hydrogens (tertiary/aromatic N) is 4. The minimum Gasteiger partial charge on any atom is -0.264 e. The van der Waals surface area contributed by atoms with Crippen LogP contribution < -0.4 is 0 Å². The number of halogens is 2. The van der Waals surface area contributed by atoms with E-state index in [4.69, 9.17) is 11.6 Å². The fourth-order valence-electron chi connectivity index (χ4n) is 0.975. The Morgan fingerprint density at radius 1 is 1.58 bits per heavy atom. The van der Waals surface area contributed by atoms with Gasteiger partial charge in [-0.15, -0.1) is 0 Å². The van der Waals surface area contributed by atoms with Crippen LogP contribution in [0.3, 0.4) is 0 Å². The predicted molar refractivity (Wildman–Crippen MR) is 54.0 cm³/mol. The van der Waals surface area contributed by atoms with E-state index < -0.39 is 0 Å². The molecule has 0 aromatic carbocycles. The number of aryl methyl sites for hydroxylation is 1. The van der Waals surface area contributed by atoms with Crippen LogP contribution in [-0.2, 0) is 7.05 Å². The third-order valence-corrected chi connectivity index (χ3v) is 2.43. The molecule has 2 aromatic heterocycles. The van der Waals surface area contributed by atoms with Crippen molar-refractivity contribution in [3.63, 3.8) is 0 Å². The molecule has 0 aliphatic heterocycles. The number of aromatic nitrogens is 4. The minimum atomic E-state index is 0.258. The Balaban J connectivity index is 2.90. The molecule has 4 nitrogen and oxygen atoms in total. The van der Waals surface area contributed by atoms with E-state index >= 15 is 0 Å². The Morgan fingerprint density at radius 2 is 2.33 bits per heavy atom. The van der Waals surface area contributed by atoms with Crippen molar-refractivity contribution in [1.29, 1.82) is 0 Å². The summed E-state index contributed by atoms with van der Waals surface area (Å²) >= 11 is 7.75. The van der Waals surface area contributed by atoms with Gasteiger partial charge in [0, 0.05) is 7.05 Å². The van der Waals surface area contributed by atoms with Gasteiger partial charge in [0.15, 0.2) is 0 Å². The topological polar surface area (TPSA) is 43.6 Å². The first kappa shape index (κ1) is 8.18. The summed E-state index contributed by atoms with van der Waals surface area (Å²) in [5.41, 5.74) is 1.70. The van der Waals surface area contributed by atoms with Crippen molar-refractivity contribution >= 4 is 45.2 Å². The molecule has 0 fully saturated rings. The van der Waals surface area contributed by atoms with E-state index in [9.17, 15) is 0 Å². The molecular formula is C6H4ClIN4. The van der Waals surface area contributed by atoms with E-state index in [0.29, 0.717) is 0 Å². The Bertz CT molecular complexity index is 438.